The van der Waals surface area contributed by atoms with Gasteiger partial charge in [-0.1, -0.05) is 0 Å². The predicted molar refractivity (Wildman–Crippen MR) is 76.2 cm³/mol. The molecule has 2 N–H and O–H groups in total. The molecule has 1 atom stereocenters. The van der Waals surface area contributed by atoms with Crippen LogP contribution in [-0.4, -0.2) is 45.9 Å². The molecule has 0 saturated carbocycles. The first kappa shape index (κ1) is 17.4. The number of ether oxygens (including phenoxy) is 2. The molecule has 0 amide bonds. The second-order valence-corrected chi connectivity index (χ2v) is 6.06. The van der Waals surface area contributed by atoms with Crippen LogP contribution in [0.4, 0.5) is 0 Å². The fourth-order valence-corrected chi connectivity index (χ4v) is 2.94. The minimum absolute atomic E-state index is 0.101. The highest BCUT2D eigenvalue weighted by molar-refractivity contribution is 7.89. The van der Waals surface area contributed by atoms with E-state index in [1.54, 1.807) is 6.92 Å². The normalized spacial score (nSPS) is 12.9. The van der Waals surface area contributed by atoms with Crippen LogP contribution in [0.3, 0.4) is 0 Å². The number of methoxy groups -OCH3 is 1. The Morgan fingerprint density at radius 3 is 2.62 bits per heavy atom. The fourth-order valence-electron chi connectivity index (χ4n) is 1.68. The lowest BCUT2D eigenvalue weighted by Crippen LogP contribution is -2.36. The first-order valence-corrected chi connectivity index (χ1v) is 7.81. The summed E-state index contributed by atoms with van der Waals surface area (Å²) in [6.07, 6.45) is 0. The van der Waals surface area contributed by atoms with Crippen LogP contribution in [0.1, 0.15) is 24.2 Å². The molecule has 1 aromatic rings. The van der Waals surface area contributed by atoms with Crippen LogP contribution in [0.2, 0.25) is 0 Å². The molecule has 0 bridgehead atoms. The summed E-state index contributed by atoms with van der Waals surface area (Å²) < 4.78 is 36.8. The maximum atomic E-state index is 12.2. The Hall–Kier alpha value is -1.64. The number of sulfonamides is 1. The minimum atomic E-state index is -3.82. The topological polar surface area (TPSA) is 102 Å². The van der Waals surface area contributed by atoms with Gasteiger partial charge in [-0.25, -0.2) is 17.9 Å². The van der Waals surface area contributed by atoms with E-state index in [-0.39, 0.29) is 22.8 Å². The zero-order valence-electron chi connectivity index (χ0n) is 12.1. The van der Waals surface area contributed by atoms with E-state index in [1.807, 2.05) is 6.92 Å². The van der Waals surface area contributed by atoms with Crippen molar-refractivity contribution in [1.29, 1.82) is 0 Å². The average Bonchev–Trinajstić information content (AvgIpc) is 2.43. The molecule has 0 aromatic heterocycles. The second kappa shape index (κ2) is 7.39. The Balaban J connectivity index is 3.03. The van der Waals surface area contributed by atoms with Crippen LogP contribution in [0.5, 0.6) is 5.75 Å². The van der Waals surface area contributed by atoms with E-state index in [1.165, 1.54) is 19.2 Å². The lowest BCUT2D eigenvalue weighted by Gasteiger charge is -2.15. The molecule has 1 rings (SSSR count). The van der Waals surface area contributed by atoms with Crippen molar-refractivity contribution in [3.63, 3.8) is 0 Å². The SMILES string of the molecule is CCOCC(C)NS(=O)(=O)c1ccc(OC)c(C(=O)O)c1. The van der Waals surface area contributed by atoms with E-state index in [2.05, 4.69) is 4.72 Å². The van der Waals surface area contributed by atoms with Gasteiger partial charge in [-0.05, 0) is 32.0 Å². The third kappa shape index (κ3) is 4.69. The average molecular weight is 317 g/mol. The first-order chi connectivity index (χ1) is 9.81. The molecule has 1 aromatic carbocycles. The number of aromatic carboxylic acids is 1. The third-order valence-corrected chi connectivity index (χ3v) is 4.23. The molecule has 118 valence electrons. The molecule has 0 heterocycles. The van der Waals surface area contributed by atoms with E-state index in [9.17, 15) is 13.2 Å². The van der Waals surface area contributed by atoms with Crippen LogP contribution in [0.25, 0.3) is 0 Å². The van der Waals surface area contributed by atoms with Gasteiger partial charge in [-0.3, -0.25) is 0 Å². The highest BCUT2D eigenvalue weighted by atomic mass is 32.2. The van der Waals surface area contributed by atoms with Gasteiger partial charge in [-0.2, -0.15) is 0 Å². The highest BCUT2D eigenvalue weighted by Gasteiger charge is 2.21. The molecule has 21 heavy (non-hydrogen) atoms. The Labute approximate surface area is 123 Å². The van der Waals surface area contributed by atoms with Crippen molar-refractivity contribution in [3.05, 3.63) is 23.8 Å². The summed E-state index contributed by atoms with van der Waals surface area (Å²) in [4.78, 5) is 11.0. The molecular weight excluding hydrogens is 298 g/mol. The zero-order valence-corrected chi connectivity index (χ0v) is 12.9. The van der Waals surface area contributed by atoms with E-state index in [4.69, 9.17) is 14.6 Å². The zero-order chi connectivity index (χ0) is 16.0. The Morgan fingerprint density at radius 1 is 1.43 bits per heavy atom. The number of rotatable bonds is 8. The molecule has 0 aliphatic heterocycles. The molecule has 0 spiro atoms. The summed E-state index contributed by atoms with van der Waals surface area (Å²) in [5, 5.41) is 9.07. The first-order valence-electron chi connectivity index (χ1n) is 6.33. The number of carboxylic acid groups (broad SMARTS) is 1. The van der Waals surface area contributed by atoms with Crippen molar-refractivity contribution >= 4 is 16.0 Å². The highest BCUT2D eigenvalue weighted by Crippen LogP contribution is 2.22. The summed E-state index contributed by atoms with van der Waals surface area (Å²) in [5.41, 5.74) is -0.210. The van der Waals surface area contributed by atoms with E-state index in [0.717, 1.165) is 6.07 Å². The summed E-state index contributed by atoms with van der Waals surface area (Å²) in [7, 11) is -2.50. The summed E-state index contributed by atoms with van der Waals surface area (Å²) >= 11 is 0. The van der Waals surface area contributed by atoms with Gasteiger partial charge < -0.3 is 14.6 Å². The summed E-state index contributed by atoms with van der Waals surface area (Å²) in [6, 6.07) is 3.24. The van der Waals surface area contributed by atoms with Gasteiger partial charge in [0.25, 0.3) is 0 Å². The van der Waals surface area contributed by atoms with Crippen LogP contribution in [-0.2, 0) is 14.8 Å². The van der Waals surface area contributed by atoms with E-state index < -0.39 is 22.0 Å². The van der Waals surface area contributed by atoms with E-state index >= 15 is 0 Å². The molecule has 0 fully saturated rings. The molecule has 1 unspecified atom stereocenters. The van der Waals surface area contributed by atoms with Crippen molar-refractivity contribution in [1.82, 2.24) is 4.72 Å². The van der Waals surface area contributed by atoms with Crippen molar-refractivity contribution in [2.24, 2.45) is 0 Å². The molecular formula is C13H19NO6S. The van der Waals surface area contributed by atoms with Gasteiger partial charge in [0.2, 0.25) is 10.0 Å². The molecule has 0 radical (unpaired) electrons. The lowest BCUT2D eigenvalue weighted by molar-refractivity contribution is 0.0693. The number of benzene rings is 1. The molecule has 7 nitrogen and oxygen atoms in total. The molecule has 0 aliphatic rings. The van der Waals surface area contributed by atoms with Crippen molar-refractivity contribution in [2.75, 3.05) is 20.3 Å². The third-order valence-electron chi connectivity index (χ3n) is 2.64. The van der Waals surface area contributed by atoms with Gasteiger partial charge in [-0.15, -0.1) is 0 Å². The standard InChI is InChI=1S/C13H19NO6S/c1-4-20-8-9(2)14-21(17,18)10-5-6-12(19-3)11(7-10)13(15)16/h5-7,9,14H,4,8H2,1-3H3,(H,15,16). The van der Waals surface area contributed by atoms with Crippen LogP contribution < -0.4 is 9.46 Å². The number of hydrogen-bond donors (Lipinski definition) is 2. The van der Waals surface area contributed by atoms with Crippen LogP contribution in [0, 0.1) is 0 Å². The smallest absolute Gasteiger partial charge is 0.339 e. The Morgan fingerprint density at radius 2 is 2.10 bits per heavy atom. The monoisotopic (exact) mass is 317 g/mol. The van der Waals surface area contributed by atoms with Crippen molar-refractivity contribution in [3.8, 4) is 5.75 Å². The quantitative estimate of drug-likeness (QED) is 0.744. The van der Waals surface area contributed by atoms with Gasteiger partial charge in [0.1, 0.15) is 11.3 Å². The fraction of sp³-hybridized carbons (Fsp3) is 0.462. The lowest BCUT2D eigenvalue weighted by atomic mass is 10.2. The van der Waals surface area contributed by atoms with Crippen LogP contribution >= 0.6 is 0 Å². The minimum Gasteiger partial charge on any atom is -0.496 e. The molecule has 8 heteroatoms. The second-order valence-electron chi connectivity index (χ2n) is 4.35. The Bertz CT molecular complexity index is 599. The number of nitrogens with one attached hydrogen (secondary N) is 1. The number of carboxylic acids is 1. The maximum absolute atomic E-state index is 12.2. The largest absolute Gasteiger partial charge is 0.496 e. The van der Waals surface area contributed by atoms with E-state index in [0.29, 0.717) is 6.61 Å². The number of carbonyl (C=O) groups is 1. The summed E-state index contributed by atoms with van der Waals surface area (Å²) in [6.45, 7) is 4.19. The predicted octanol–water partition coefficient (Wildman–Crippen LogP) is 1.10. The summed E-state index contributed by atoms with van der Waals surface area (Å²) in [5.74, 6) is -1.16. The van der Waals surface area contributed by atoms with Crippen molar-refractivity contribution in [2.45, 2.75) is 24.8 Å². The van der Waals surface area contributed by atoms with Crippen LogP contribution in [0.15, 0.2) is 23.1 Å². The van der Waals surface area contributed by atoms with Gasteiger partial charge in [0.15, 0.2) is 0 Å². The molecule has 0 aliphatic carbocycles. The molecule has 0 saturated heterocycles. The van der Waals surface area contributed by atoms with Crippen molar-refractivity contribution < 1.29 is 27.8 Å². The van der Waals surface area contributed by atoms with Gasteiger partial charge in [0, 0.05) is 12.6 Å². The number of hydrogen-bond acceptors (Lipinski definition) is 5. The van der Waals surface area contributed by atoms with Gasteiger partial charge >= 0.3 is 5.97 Å². The van der Waals surface area contributed by atoms with Gasteiger partial charge in [0.05, 0.1) is 18.6 Å². The maximum Gasteiger partial charge on any atom is 0.339 e. The Kier molecular flexibility index (Phi) is 6.13.